The van der Waals surface area contributed by atoms with Crippen LogP contribution in [0.1, 0.15) is 59.3 Å². The van der Waals surface area contributed by atoms with Crippen LogP contribution in [0.15, 0.2) is 0 Å². The zero-order chi connectivity index (χ0) is 10.6. The van der Waals surface area contributed by atoms with Crippen LogP contribution in [-0.4, -0.2) is 24.6 Å². The zero-order valence-corrected chi connectivity index (χ0v) is 10.3. The van der Waals surface area contributed by atoms with Crippen LogP contribution >= 0.6 is 0 Å². The molecule has 14 heavy (non-hydrogen) atoms. The first kappa shape index (κ1) is 13.9. The van der Waals surface area contributed by atoms with Gasteiger partial charge in [0.05, 0.1) is 0 Å². The van der Waals surface area contributed by atoms with Crippen LogP contribution in [0.3, 0.4) is 0 Å². The van der Waals surface area contributed by atoms with Crippen molar-refractivity contribution >= 4 is 0 Å². The number of hydrazine groups is 1. The van der Waals surface area contributed by atoms with Gasteiger partial charge in [0.25, 0.3) is 0 Å². The average molecular weight is 200 g/mol. The molecule has 0 saturated carbocycles. The van der Waals surface area contributed by atoms with Gasteiger partial charge in [-0.05, 0) is 19.3 Å². The molecule has 0 saturated heterocycles. The predicted octanol–water partition coefficient (Wildman–Crippen LogP) is 3.19. The SMILES string of the molecule is CCCCCCNN(CCC)CCC. The standard InChI is InChI=1S/C12H28N2/c1-4-7-8-9-10-13-14(11-5-2)12-6-3/h13H,4-12H2,1-3H3. The number of hydrogen-bond acceptors (Lipinski definition) is 2. The smallest absolute Gasteiger partial charge is 0.0128 e. The lowest BCUT2D eigenvalue weighted by Gasteiger charge is -2.22. The molecule has 0 amide bonds. The molecule has 0 spiro atoms. The van der Waals surface area contributed by atoms with E-state index in [1.807, 2.05) is 0 Å². The molecule has 0 rings (SSSR count). The van der Waals surface area contributed by atoms with Crippen LogP contribution in [0, 0.1) is 0 Å². The summed E-state index contributed by atoms with van der Waals surface area (Å²) in [6.45, 7) is 10.2. The molecule has 0 aromatic rings. The maximum Gasteiger partial charge on any atom is 0.0128 e. The molecule has 0 atom stereocenters. The van der Waals surface area contributed by atoms with Gasteiger partial charge in [-0.1, -0.05) is 40.0 Å². The molecule has 1 N–H and O–H groups in total. The topological polar surface area (TPSA) is 15.3 Å². The molecule has 0 fully saturated rings. The first-order chi connectivity index (χ1) is 6.85. The second-order valence-corrected chi connectivity index (χ2v) is 3.96. The fourth-order valence-corrected chi connectivity index (χ4v) is 1.60. The van der Waals surface area contributed by atoms with E-state index < -0.39 is 0 Å². The fraction of sp³-hybridized carbons (Fsp3) is 1.00. The average Bonchev–Trinajstić information content (AvgIpc) is 2.18. The second kappa shape index (κ2) is 11.0. The summed E-state index contributed by atoms with van der Waals surface area (Å²) in [6.07, 6.45) is 7.87. The van der Waals surface area contributed by atoms with E-state index in [1.165, 1.54) is 51.6 Å². The van der Waals surface area contributed by atoms with Gasteiger partial charge in [0.1, 0.15) is 0 Å². The van der Waals surface area contributed by atoms with E-state index in [2.05, 4.69) is 31.2 Å². The first-order valence-electron chi connectivity index (χ1n) is 6.33. The summed E-state index contributed by atoms with van der Waals surface area (Å²) in [7, 11) is 0. The molecule has 0 radical (unpaired) electrons. The molecule has 2 heteroatoms. The van der Waals surface area contributed by atoms with E-state index in [9.17, 15) is 0 Å². The van der Waals surface area contributed by atoms with Crippen molar-refractivity contribution in [1.82, 2.24) is 10.4 Å². The van der Waals surface area contributed by atoms with Crippen molar-refractivity contribution in [2.24, 2.45) is 0 Å². The number of rotatable bonds is 10. The van der Waals surface area contributed by atoms with Crippen molar-refractivity contribution < 1.29 is 0 Å². The lowest BCUT2D eigenvalue weighted by Crippen LogP contribution is -2.39. The summed E-state index contributed by atoms with van der Waals surface area (Å²) in [5.74, 6) is 0. The van der Waals surface area contributed by atoms with Gasteiger partial charge >= 0.3 is 0 Å². The molecular formula is C12H28N2. The van der Waals surface area contributed by atoms with Gasteiger partial charge in [-0.15, -0.1) is 0 Å². The number of nitrogens with zero attached hydrogens (tertiary/aromatic N) is 1. The van der Waals surface area contributed by atoms with Crippen molar-refractivity contribution in [3.05, 3.63) is 0 Å². The minimum absolute atomic E-state index is 1.15. The van der Waals surface area contributed by atoms with E-state index in [1.54, 1.807) is 0 Å². The van der Waals surface area contributed by atoms with Gasteiger partial charge < -0.3 is 0 Å². The molecule has 2 nitrogen and oxygen atoms in total. The quantitative estimate of drug-likeness (QED) is 0.430. The summed E-state index contributed by atoms with van der Waals surface area (Å²) in [4.78, 5) is 0. The van der Waals surface area contributed by atoms with Crippen LogP contribution < -0.4 is 5.43 Å². The summed E-state index contributed by atoms with van der Waals surface area (Å²) < 4.78 is 0. The Bertz CT molecular complexity index is 98.5. The Morgan fingerprint density at radius 1 is 0.786 bits per heavy atom. The van der Waals surface area contributed by atoms with Gasteiger partial charge in [0.15, 0.2) is 0 Å². The summed E-state index contributed by atoms with van der Waals surface area (Å²) in [5, 5.41) is 2.37. The van der Waals surface area contributed by atoms with E-state index in [0.29, 0.717) is 0 Å². The van der Waals surface area contributed by atoms with Crippen LogP contribution in [0.5, 0.6) is 0 Å². The minimum Gasteiger partial charge on any atom is -0.255 e. The molecule has 0 aromatic carbocycles. The van der Waals surface area contributed by atoms with Gasteiger partial charge in [0, 0.05) is 19.6 Å². The third kappa shape index (κ3) is 8.52. The summed E-state index contributed by atoms with van der Waals surface area (Å²) in [6, 6.07) is 0. The third-order valence-corrected chi connectivity index (χ3v) is 2.35. The fourth-order valence-electron chi connectivity index (χ4n) is 1.60. The molecule has 0 aliphatic rings. The monoisotopic (exact) mass is 200 g/mol. The lowest BCUT2D eigenvalue weighted by atomic mass is 10.2. The molecule has 0 bridgehead atoms. The van der Waals surface area contributed by atoms with Crippen LogP contribution in [0.2, 0.25) is 0 Å². The van der Waals surface area contributed by atoms with Gasteiger partial charge in [-0.3, -0.25) is 5.43 Å². The molecule has 0 aromatic heterocycles. The third-order valence-electron chi connectivity index (χ3n) is 2.35. The van der Waals surface area contributed by atoms with Crippen molar-refractivity contribution in [3.63, 3.8) is 0 Å². The van der Waals surface area contributed by atoms with Gasteiger partial charge in [-0.25, -0.2) is 5.01 Å². The van der Waals surface area contributed by atoms with Crippen molar-refractivity contribution in [2.75, 3.05) is 19.6 Å². The van der Waals surface area contributed by atoms with Crippen molar-refractivity contribution in [2.45, 2.75) is 59.3 Å². The molecule has 0 heterocycles. The van der Waals surface area contributed by atoms with E-state index in [-0.39, 0.29) is 0 Å². The number of hydrogen-bond donors (Lipinski definition) is 1. The highest BCUT2D eigenvalue weighted by Crippen LogP contribution is 1.98. The van der Waals surface area contributed by atoms with E-state index >= 15 is 0 Å². The summed E-state index contributed by atoms with van der Waals surface area (Å²) >= 11 is 0. The Hall–Kier alpha value is -0.0800. The Morgan fingerprint density at radius 3 is 1.93 bits per heavy atom. The van der Waals surface area contributed by atoms with Crippen LogP contribution in [-0.2, 0) is 0 Å². The molecule has 0 aliphatic heterocycles. The van der Waals surface area contributed by atoms with Crippen molar-refractivity contribution in [3.8, 4) is 0 Å². The highest BCUT2D eigenvalue weighted by Gasteiger charge is 1.99. The van der Waals surface area contributed by atoms with Gasteiger partial charge in [0.2, 0.25) is 0 Å². The van der Waals surface area contributed by atoms with Crippen LogP contribution in [0.4, 0.5) is 0 Å². The Labute approximate surface area is 90.0 Å². The van der Waals surface area contributed by atoms with E-state index in [4.69, 9.17) is 0 Å². The number of nitrogens with one attached hydrogen (secondary N) is 1. The normalized spacial score (nSPS) is 11.1. The lowest BCUT2D eigenvalue weighted by molar-refractivity contribution is 0.186. The van der Waals surface area contributed by atoms with Crippen molar-refractivity contribution in [1.29, 1.82) is 0 Å². The molecule has 0 unspecified atom stereocenters. The van der Waals surface area contributed by atoms with E-state index in [0.717, 1.165) is 6.54 Å². The summed E-state index contributed by atoms with van der Waals surface area (Å²) in [5.41, 5.74) is 3.51. The maximum atomic E-state index is 3.51. The maximum absolute atomic E-state index is 3.51. The first-order valence-corrected chi connectivity index (χ1v) is 6.33. The minimum atomic E-state index is 1.15. The van der Waals surface area contributed by atoms with Crippen LogP contribution in [0.25, 0.3) is 0 Å². The highest BCUT2D eigenvalue weighted by atomic mass is 15.5. The Balaban J connectivity index is 3.30. The zero-order valence-electron chi connectivity index (χ0n) is 10.3. The highest BCUT2D eigenvalue weighted by molar-refractivity contribution is 4.51. The Kier molecular flexibility index (Phi) is 10.9. The molecular weight excluding hydrogens is 172 g/mol. The second-order valence-electron chi connectivity index (χ2n) is 3.96. The Morgan fingerprint density at radius 2 is 1.43 bits per heavy atom. The molecule has 86 valence electrons. The predicted molar refractivity (Wildman–Crippen MR) is 64.3 cm³/mol. The largest absolute Gasteiger partial charge is 0.255 e. The number of unbranched alkanes of at least 4 members (excludes halogenated alkanes) is 3. The van der Waals surface area contributed by atoms with Gasteiger partial charge in [-0.2, -0.15) is 0 Å². The molecule has 0 aliphatic carbocycles.